The number of fused-ring (bicyclic) bond motifs is 1. The van der Waals surface area contributed by atoms with Gasteiger partial charge in [-0.15, -0.1) is 0 Å². The van der Waals surface area contributed by atoms with Crippen LogP contribution in [-0.2, 0) is 0 Å². The molecule has 1 unspecified atom stereocenters. The van der Waals surface area contributed by atoms with Crippen LogP contribution in [0.1, 0.15) is 18.4 Å². The first-order valence-electron chi connectivity index (χ1n) is 8.52. The Kier molecular flexibility index (Phi) is 4.18. The van der Waals surface area contributed by atoms with Crippen molar-refractivity contribution in [2.75, 3.05) is 0 Å². The number of nitrogens with one attached hydrogen (secondary N) is 1. The molecule has 0 saturated heterocycles. The lowest BCUT2D eigenvalue weighted by Gasteiger charge is -2.12. The molecular weight excluding hydrogens is 320 g/mol. The molecule has 1 N–H and O–H groups in total. The van der Waals surface area contributed by atoms with Crippen molar-refractivity contribution < 1.29 is 0 Å². The van der Waals surface area contributed by atoms with Gasteiger partial charge in [-0.25, -0.2) is 9.67 Å². The van der Waals surface area contributed by atoms with Crippen LogP contribution in [0.3, 0.4) is 0 Å². The van der Waals surface area contributed by atoms with Crippen LogP contribution < -0.4 is 0 Å². The Balaban J connectivity index is 1.75. The topological polar surface area (TPSA) is 54.6 Å². The summed E-state index contributed by atoms with van der Waals surface area (Å²) in [7, 11) is 0. The first kappa shape index (κ1) is 16.0. The molecular formula is C22H18N4. The van der Waals surface area contributed by atoms with Gasteiger partial charge >= 0.3 is 0 Å². The molecule has 2 aromatic heterocycles. The van der Waals surface area contributed by atoms with Crippen LogP contribution in [0.5, 0.6) is 0 Å². The molecule has 0 aliphatic rings. The quantitative estimate of drug-likeness (QED) is 0.533. The van der Waals surface area contributed by atoms with E-state index < -0.39 is 0 Å². The number of nitrogens with zero attached hydrogens (tertiary/aromatic N) is 3. The van der Waals surface area contributed by atoms with E-state index in [0.29, 0.717) is 0 Å². The van der Waals surface area contributed by atoms with Crippen LogP contribution in [0.15, 0.2) is 79.1 Å². The summed E-state index contributed by atoms with van der Waals surface area (Å²) >= 11 is 0. The zero-order valence-corrected chi connectivity index (χ0v) is 14.4. The average molecular weight is 338 g/mol. The fourth-order valence-corrected chi connectivity index (χ4v) is 3.11. The second-order valence-corrected chi connectivity index (χ2v) is 6.22. The van der Waals surface area contributed by atoms with E-state index >= 15 is 0 Å². The van der Waals surface area contributed by atoms with E-state index in [4.69, 9.17) is 10.4 Å². The number of para-hydroxylation sites is 2. The lowest BCUT2D eigenvalue weighted by Crippen LogP contribution is -2.02. The second kappa shape index (κ2) is 6.79. The molecule has 0 aliphatic heterocycles. The lowest BCUT2D eigenvalue weighted by molar-refractivity contribution is 0.844. The molecule has 4 nitrogen and oxygen atoms in total. The minimum Gasteiger partial charge on any atom is -0.259 e. The van der Waals surface area contributed by atoms with Gasteiger partial charge in [0.05, 0.1) is 23.1 Å². The Bertz CT molecular complexity index is 1120. The van der Waals surface area contributed by atoms with Crippen molar-refractivity contribution in [2.45, 2.75) is 12.8 Å². The third-order valence-electron chi connectivity index (χ3n) is 4.48. The van der Waals surface area contributed by atoms with Crippen molar-refractivity contribution >= 4 is 16.8 Å². The Morgan fingerprint density at radius 2 is 1.85 bits per heavy atom. The smallest absolute Gasteiger partial charge is 0.0741 e. The van der Waals surface area contributed by atoms with Gasteiger partial charge in [0.1, 0.15) is 0 Å². The van der Waals surface area contributed by atoms with Crippen LogP contribution in [0.25, 0.3) is 27.8 Å². The number of hydrogen-bond acceptors (Lipinski definition) is 3. The SMILES string of the molecule is CC(C=C=N)c1ccccc1-n1cc(-c2ccc3ccccc3n2)cn1. The molecule has 0 amide bonds. The lowest BCUT2D eigenvalue weighted by atomic mass is 9.99. The van der Waals surface area contributed by atoms with Crippen LogP contribution in [0.4, 0.5) is 0 Å². The molecule has 2 aromatic carbocycles. The Labute approximate surface area is 152 Å². The van der Waals surface area contributed by atoms with Gasteiger partial charge in [0.15, 0.2) is 0 Å². The van der Waals surface area contributed by atoms with E-state index in [-0.39, 0.29) is 5.92 Å². The van der Waals surface area contributed by atoms with Crippen molar-refractivity contribution in [1.82, 2.24) is 14.8 Å². The number of allylic oxidation sites excluding steroid dienone is 1. The fourth-order valence-electron chi connectivity index (χ4n) is 3.11. The Morgan fingerprint density at radius 3 is 2.73 bits per heavy atom. The van der Waals surface area contributed by atoms with E-state index in [0.717, 1.165) is 33.4 Å². The van der Waals surface area contributed by atoms with Gasteiger partial charge in [-0.3, -0.25) is 5.41 Å². The normalized spacial score (nSPS) is 11.9. The molecule has 2 heterocycles. The van der Waals surface area contributed by atoms with Crippen LogP contribution in [-0.4, -0.2) is 20.6 Å². The molecule has 4 rings (SSSR count). The van der Waals surface area contributed by atoms with Crippen molar-refractivity contribution in [2.24, 2.45) is 0 Å². The monoisotopic (exact) mass is 338 g/mol. The highest BCUT2D eigenvalue weighted by Gasteiger charge is 2.12. The van der Waals surface area contributed by atoms with E-state index in [9.17, 15) is 0 Å². The molecule has 26 heavy (non-hydrogen) atoms. The van der Waals surface area contributed by atoms with Gasteiger partial charge in [-0.1, -0.05) is 49.4 Å². The first-order chi connectivity index (χ1) is 12.8. The van der Waals surface area contributed by atoms with Gasteiger partial charge in [-0.2, -0.15) is 5.10 Å². The molecule has 0 aliphatic carbocycles. The second-order valence-electron chi connectivity index (χ2n) is 6.22. The van der Waals surface area contributed by atoms with Crippen molar-refractivity contribution in [3.63, 3.8) is 0 Å². The number of pyridine rings is 1. The van der Waals surface area contributed by atoms with E-state index in [1.54, 1.807) is 6.08 Å². The maximum absolute atomic E-state index is 7.20. The van der Waals surface area contributed by atoms with Gasteiger partial charge < -0.3 is 0 Å². The highest BCUT2D eigenvalue weighted by Crippen LogP contribution is 2.26. The third kappa shape index (κ3) is 2.94. The van der Waals surface area contributed by atoms with Crippen molar-refractivity contribution in [3.05, 3.63) is 84.7 Å². The maximum Gasteiger partial charge on any atom is 0.0741 e. The van der Waals surface area contributed by atoms with E-state index in [1.807, 2.05) is 59.5 Å². The van der Waals surface area contributed by atoms with Crippen LogP contribution in [0, 0.1) is 5.41 Å². The summed E-state index contributed by atoms with van der Waals surface area (Å²) in [6, 6.07) is 20.3. The highest BCUT2D eigenvalue weighted by atomic mass is 15.3. The molecule has 0 radical (unpaired) electrons. The average Bonchev–Trinajstić information content (AvgIpc) is 3.18. The molecule has 0 saturated carbocycles. The number of rotatable bonds is 4. The molecule has 4 heteroatoms. The molecule has 0 spiro atoms. The zero-order chi connectivity index (χ0) is 17.9. The maximum atomic E-state index is 7.20. The third-order valence-corrected chi connectivity index (χ3v) is 4.48. The fraction of sp³-hybridized carbons (Fsp3) is 0.0909. The summed E-state index contributed by atoms with van der Waals surface area (Å²) in [6.07, 6.45) is 5.58. The summed E-state index contributed by atoms with van der Waals surface area (Å²) in [5.74, 6) is 2.47. The Morgan fingerprint density at radius 1 is 1.04 bits per heavy atom. The van der Waals surface area contributed by atoms with Crippen molar-refractivity contribution in [3.8, 4) is 16.9 Å². The van der Waals surface area contributed by atoms with Crippen molar-refractivity contribution in [1.29, 1.82) is 5.41 Å². The summed E-state index contributed by atoms with van der Waals surface area (Å²) in [4.78, 5) is 4.75. The Hall–Kier alpha value is -3.49. The molecule has 1 atom stereocenters. The van der Waals surface area contributed by atoms with Gasteiger partial charge in [0.25, 0.3) is 0 Å². The van der Waals surface area contributed by atoms with E-state index in [2.05, 4.69) is 36.1 Å². The number of benzene rings is 2. The van der Waals surface area contributed by atoms with E-state index in [1.165, 1.54) is 0 Å². The number of aromatic nitrogens is 3. The summed E-state index contributed by atoms with van der Waals surface area (Å²) < 4.78 is 1.87. The van der Waals surface area contributed by atoms with Gasteiger partial charge in [0.2, 0.25) is 0 Å². The van der Waals surface area contributed by atoms with Gasteiger partial charge in [-0.05, 0) is 35.7 Å². The predicted molar refractivity (Wildman–Crippen MR) is 105 cm³/mol. The van der Waals surface area contributed by atoms with Crippen LogP contribution >= 0.6 is 0 Å². The zero-order valence-electron chi connectivity index (χ0n) is 14.4. The minimum absolute atomic E-state index is 0.0927. The highest BCUT2D eigenvalue weighted by molar-refractivity contribution is 5.81. The molecule has 0 fully saturated rings. The standard InChI is InChI=1S/C22H18N4/c1-16(12-13-23)19-7-3-5-9-22(19)26-15-18(14-24-26)21-11-10-17-6-2-4-8-20(17)25-21/h2-12,14-16,23H,1H3. The predicted octanol–water partition coefficient (Wildman–Crippen LogP) is 5.00. The minimum atomic E-state index is 0.0927. The number of hydrogen-bond donors (Lipinski definition) is 1. The molecule has 4 aromatic rings. The molecule has 126 valence electrons. The summed E-state index contributed by atoms with van der Waals surface area (Å²) in [6.45, 7) is 2.05. The largest absolute Gasteiger partial charge is 0.259 e. The molecule has 0 bridgehead atoms. The summed E-state index contributed by atoms with van der Waals surface area (Å²) in [5, 5.41) is 12.9. The summed E-state index contributed by atoms with van der Waals surface area (Å²) in [5.41, 5.74) is 4.95. The first-order valence-corrected chi connectivity index (χ1v) is 8.52. The van der Waals surface area contributed by atoms with Gasteiger partial charge in [0, 0.05) is 23.1 Å². The van der Waals surface area contributed by atoms with Crippen LogP contribution in [0.2, 0.25) is 0 Å².